The molecule has 0 aliphatic carbocycles. The maximum Gasteiger partial charge on any atom is 0.272 e. The van der Waals surface area contributed by atoms with Crippen LogP contribution in [0.5, 0.6) is 5.75 Å². The summed E-state index contributed by atoms with van der Waals surface area (Å²) >= 11 is 1.43. The summed E-state index contributed by atoms with van der Waals surface area (Å²) in [6.45, 7) is 6.23. The zero-order valence-corrected chi connectivity index (χ0v) is 26.1. The van der Waals surface area contributed by atoms with Crippen molar-refractivity contribution in [1.82, 2.24) is 5.32 Å². The molecule has 0 aliphatic rings. The zero-order chi connectivity index (χ0) is 31.5. The topological polar surface area (TPSA) is 96.5 Å². The molecule has 0 radical (unpaired) electrons. The van der Waals surface area contributed by atoms with E-state index in [2.05, 4.69) is 29.8 Å². The number of carbonyl (C=O) groups is 3. The van der Waals surface area contributed by atoms with E-state index in [1.807, 2.05) is 67.6 Å². The number of thioether (sulfide) groups is 1. The van der Waals surface area contributed by atoms with Gasteiger partial charge in [0.2, 0.25) is 5.91 Å². The second kappa shape index (κ2) is 15.6. The predicted molar refractivity (Wildman–Crippen MR) is 179 cm³/mol. The summed E-state index contributed by atoms with van der Waals surface area (Å²) in [5, 5.41) is 8.33. The van der Waals surface area contributed by atoms with Crippen molar-refractivity contribution in [3.8, 4) is 5.75 Å². The Balaban J connectivity index is 1.50. The molecule has 3 N–H and O–H groups in total. The van der Waals surface area contributed by atoms with Gasteiger partial charge in [0.15, 0.2) is 0 Å². The molecule has 0 heterocycles. The number of hydrogen-bond donors (Lipinski definition) is 3. The second-order valence-electron chi connectivity index (χ2n) is 10.4. The van der Waals surface area contributed by atoms with Gasteiger partial charge < -0.3 is 20.7 Å². The molecule has 44 heavy (non-hydrogen) atoms. The Morgan fingerprint density at radius 3 is 2.20 bits per heavy atom. The standard InChI is InChI=1S/C36H37N3O4S/c1-5-33(36(42)37-28-20-18-25(19-21-28)24(2)3)44-30-16-11-15-29(23-30)38-35(41)31(22-27-14-9-10-17-32(27)43-4)39-34(40)26-12-7-6-8-13-26/h6-24,33H,5H2,1-4H3,(H,37,42)(H,38,41)(H,39,40)/b31-22+. The molecule has 0 saturated heterocycles. The molecule has 0 bridgehead atoms. The van der Waals surface area contributed by atoms with Gasteiger partial charge in [-0.25, -0.2) is 0 Å². The van der Waals surface area contributed by atoms with Crippen LogP contribution in [0.4, 0.5) is 11.4 Å². The minimum atomic E-state index is -0.503. The van der Waals surface area contributed by atoms with Gasteiger partial charge >= 0.3 is 0 Å². The van der Waals surface area contributed by atoms with Crippen molar-refractivity contribution < 1.29 is 19.1 Å². The molecule has 0 aromatic heterocycles. The average Bonchev–Trinajstić information content (AvgIpc) is 3.04. The van der Waals surface area contributed by atoms with Crippen molar-refractivity contribution in [2.45, 2.75) is 43.3 Å². The van der Waals surface area contributed by atoms with Gasteiger partial charge in [0.1, 0.15) is 11.4 Å². The predicted octanol–water partition coefficient (Wildman–Crippen LogP) is 7.74. The fourth-order valence-corrected chi connectivity index (χ4v) is 5.40. The summed E-state index contributed by atoms with van der Waals surface area (Å²) in [7, 11) is 1.55. The molecular weight excluding hydrogens is 570 g/mol. The van der Waals surface area contributed by atoms with E-state index in [1.54, 1.807) is 55.7 Å². The molecule has 4 aromatic carbocycles. The Labute approximate surface area is 263 Å². The van der Waals surface area contributed by atoms with Gasteiger partial charge in [-0.2, -0.15) is 0 Å². The number of ether oxygens (including phenoxy) is 1. The summed E-state index contributed by atoms with van der Waals surface area (Å²) in [4.78, 5) is 40.5. The largest absolute Gasteiger partial charge is 0.496 e. The Morgan fingerprint density at radius 2 is 1.52 bits per heavy atom. The van der Waals surface area contributed by atoms with Crippen LogP contribution in [0.25, 0.3) is 6.08 Å². The zero-order valence-electron chi connectivity index (χ0n) is 25.3. The number of rotatable bonds is 12. The normalized spacial score (nSPS) is 11.9. The highest BCUT2D eigenvalue weighted by atomic mass is 32.2. The van der Waals surface area contributed by atoms with E-state index < -0.39 is 11.8 Å². The number of methoxy groups -OCH3 is 1. The van der Waals surface area contributed by atoms with E-state index in [4.69, 9.17) is 4.74 Å². The fourth-order valence-electron chi connectivity index (χ4n) is 4.39. The molecule has 0 spiro atoms. The molecule has 7 nitrogen and oxygen atoms in total. The lowest BCUT2D eigenvalue weighted by molar-refractivity contribution is -0.116. The highest BCUT2D eigenvalue weighted by molar-refractivity contribution is 8.00. The van der Waals surface area contributed by atoms with Gasteiger partial charge in [-0.3, -0.25) is 14.4 Å². The monoisotopic (exact) mass is 607 g/mol. The van der Waals surface area contributed by atoms with E-state index >= 15 is 0 Å². The van der Waals surface area contributed by atoms with Crippen molar-refractivity contribution in [2.75, 3.05) is 17.7 Å². The number of amides is 3. The summed E-state index contributed by atoms with van der Waals surface area (Å²) in [6, 6.07) is 31.1. The third-order valence-electron chi connectivity index (χ3n) is 6.85. The quantitative estimate of drug-likeness (QED) is 0.113. The lowest BCUT2D eigenvalue weighted by Crippen LogP contribution is -2.30. The van der Waals surface area contributed by atoms with Crippen molar-refractivity contribution in [3.05, 3.63) is 126 Å². The van der Waals surface area contributed by atoms with Crippen LogP contribution in [0.3, 0.4) is 0 Å². The number of carbonyl (C=O) groups excluding carboxylic acids is 3. The van der Waals surface area contributed by atoms with Crippen LogP contribution >= 0.6 is 11.8 Å². The SMILES string of the molecule is CCC(Sc1cccc(NC(=O)/C(=C\c2ccccc2OC)NC(=O)c2ccccc2)c1)C(=O)Nc1ccc(C(C)C)cc1. The number of benzene rings is 4. The van der Waals surface area contributed by atoms with Crippen LogP contribution in [0.2, 0.25) is 0 Å². The first-order valence-electron chi connectivity index (χ1n) is 14.5. The molecule has 0 saturated carbocycles. The molecule has 0 aliphatic heterocycles. The fraction of sp³-hybridized carbons (Fsp3) is 0.194. The van der Waals surface area contributed by atoms with Gasteiger partial charge in [0, 0.05) is 27.4 Å². The average molecular weight is 608 g/mol. The molecule has 226 valence electrons. The molecule has 4 aromatic rings. The summed E-state index contributed by atoms with van der Waals surface area (Å²) in [5.74, 6) is -0.0297. The number of para-hydroxylation sites is 1. The minimum Gasteiger partial charge on any atom is -0.496 e. The lowest BCUT2D eigenvalue weighted by atomic mass is 10.0. The molecular formula is C36H37N3O4S. The van der Waals surface area contributed by atoms with Gasteiger partial charge in [-0.15, -0.1) is 11.8 Å². The maximum atomic E-state index is 13.5. The Kier molecular flexibility index (Phi) is 11.4. The number of hydrogen-bond acceptors (Lipinski definition) is 5. The van der Waals surface area contributed by atoms with E-state index in [0.717, 1.165) is 10.6 Å². The van der Waals surface area contributed by atoms with E-state index in [9.17, 15) is 14.4 Å². The van der Waals surface area contributed by atoms with E-state index in [-0.39, 0.29) is 16.9 Å². The Bertz CT molecular complexity index is 1620. The third kappa shape index (κ3) is 8.84. The van der Waals surface area contributed by atoms with Crippen molar-refractivity contribution >= 4 is 46.9 Å². The van der Waals surface area contributed by atoms with Gasteiger partial charge in [0.25, 0.3) is 11.8 Å². The molecule has 3 amide bonds. The highest BCUT2D eigenvalue weighted by Gasteiger charge is 2.20. The molecule has 1 atom stereocenters. The molecule has 0 fully saturated rings. The summed E-state index contributed by atoms with van der Waals surface area (Å²) in [6.07, 6.45) is 2.20. The van der Waals surface area contributed by atoms with Crippen LogP contribution in [-0.2, 0) is 9.59 Å². The maximum absolute atomic E-state index is 13.5. The van der Waals surface area contributed by atoms with Crippen LogP contribution < -0.4 is 20.7 Å². The van der Waals surface area contributed by atoms with Crippen LogP contribution in [0, 0.1) is 0 Å². The molecule has 4 rings (SSSR count). The van der Waals surface area contributed by atoms with Crippen LogP contribution in [0.15, 0.2) is 114 Å². The minimum absolute atomic E-state index is 0.0516. The summed E-state index contributed by atoms with van der Waals surface area (Å²) < 4.78 is 5.44. The van der Waals surface area contributed by atoms with E-state index in [1.165, 1.54) is 17.3 Å². The van der Waals surface area contributed by atoms with Crippen LogP contribution in [0.1, 0.15) is 54.6 Å². The second-order valence-corrected chi connectivity index (χ2v) is 11.7. The Hall–Kier alpha value is -4.82. The first kappa shape index (κ1) is 32.1. The third-order valence-corrected chi connectivity index (χ3v) is 8.20. The van der Waals surface area contributed by atoms with Gasteiger partial charge in [-0.1, -0.05) is 75.4 Å². The van der Waals surface area contributed by atoms with Crippen LogP contribution in [-0.4, -0.2) is 30.1 Å². The van der Waals surface area contributed by atoms with E-state index in [0.29, 0.717) is 34.9 Å². The highest BCUT2D eigenvalue weighted by Crippen LogP contribution is 2.29. The number of anilines is 2. The molecule has 8 heteroatoms. The van der Waals surface area contributed by atoms with Crippen molar-refractivity contribution in [1.29, 1.82) is 0 Å². The lowest BCUT2D eigenvalue weighted by Gasteiger charge is -2.16. The number of nitrogens with one attached hydrogen (secondary N) is 3. The van der Waals surface area contributed by atoms with Crippen molar-refractivity contribution in [2.24, 2.45) is 0 Å². The van der Waals surface area contributed by atoms with Crippen molar-refractivity contribution in [3.63, 3.8) is 0 Å². The summed E-state index contributed by atoms with van der Waals surface area (Å²) in [5.41, 5.74) is 3.60. The van der Waals surface area contributed by atoms with Gasteiger partial charge in [-0.05, 0) is 72.5 Å². The first-order valence-corrected chi connectivity index (χ1v) is 15.3. The molecule has 1 unspecified atom stereocenters. The Morgan fingerprint density at radius 1 is 0.818 bits per heavy atom. The smallest absolute Gasteiger partial charge is 0.272 e. The first-order chi connectivity index (χ1) is 21.3. The van der Waals surface area contributed by atoms with Gasteiger partial charge in [0.05, 0.1) is 12.4 Å².